The molecule has 1 aliphatic heterocycles. The maximum Gasteiger partial charge on any atom is 0.274 e. The lowest BCUT2D eigenvalue weighted by Crippen LogP contribution is -2.48. The van der Waals surface area contributed by atoms with Gasteiger partial charge in [-0.05, 0) is 45.6 Å². The molecule has 2 fully saturated rings. The topological polar surface area (TPSA) is 67.2 Å². The molecule has 138 valence electrons. The van der Waals surface area contributed by atoms with Crippen molar-refractivity contribution in [3.8, 4) is 0 Å². The van der Waals surface area contributed by atoms with Crippen LogP contribution >= 0.6 is 0 Å². The summed E-state index contributed by atoms with van der Waals surface area (Å²) in [4.78, 5) is 25.9. The molecule has 7 nitrogen and oxygen atoms in total. The highest BCUT2D eigenvalue weighted by Crippen LogP contribution is 2.35. The smallest absolute Gasteiger partial charge is 0.274 e. The van der Waals surface area contributed by atoms with Crippen molar-refractivity contribution in [3.05, 3.63) is 35.5 Å². The Hall–Kier alpha value is -2.44. The van der Waals surface area contributed by atoms with Crippen molar-refractivity contribution >= 4 is 11.7 Å². The average molecular weight is 354 g/mol. The molecular formula is C19H26N6O. The summed E-state index contributed by atoms with van der Waals surface area (Å²) in [6, 6.07) is 4.97. The number of piperidine rings is 1. The number of likely N-dealkylation sites (tertiary alicyclic amines) is 1. The Balaban J connectivity index is 1.44. The molecule has 0 aromatic carbocycles. The number of anilines is 1. The van der Waals surface area contributed by atoms with Gasteiger partial charge in [0.1, 0.15) is 12.1 Å². The van der Waals surface area contributed by atoms with E-state index in [1.165, 1.54) is 12.8 Å². The number of aromatic nitrogens is 4. The highest BCUT2D eigenvalue weighted by Gasteiger charge is 2.37. The third kappa shape index (κ3) is 3.30. The van der Waals surface area contributed by atoms with E-state index in [0.29, 0.717) is 17.8 Å². The standard InChI is InChI=1S/C19H26N6O/c1-13-10-18(21-12-20-13)25(15-4-5-15)16-6-8-24(9-7-16)19(26)17-11-14(2)23(3)22-17/h10-12,15-16H,4-9H2,1-3H3. The summed E-state index contributed by atoms with van der Waals surface area (Å²) in [6.45, 7) is 5.51. The van der Waals surface area contributed by atoms with Crippen LogP contribution in [0.2, 0.25) is 0 Å². The van der Waals surface area contributed by atoms with E-state index in [4.69, 9.17) is 0 Å². The van der Waals surface area contributed by atoms with Gasteiger partial charge in [-0.15, -0.1) is 0 Å². The van der Waals surface area contributed by atoms with Crippen molar-refractivity contribution in [1.82, 2.24) is 24.6 Å². The summed E-state index contributed by atoms with van der Waals surface area (Å²) in [5.74, 6) is 1.08. The van der Waals surface area contributed by atoms with Crippen LogP contribution < -0.4 is 4.90 Å². The van der Waals surface area contributed by atoms with Crippen molar-refractivity contribution in [2.24, 2.45) is 7.05 Å². The summed E-state index contributed by atoms with van der Waals surface area (Å²) in [5.41, 5.74) is 2.55. The number of carbonyl (C=O) groups is 1. The molecule has 1 aliphatic carbocycles. The summed E-state index contributed by atoms with van der Waals surface area (Å²) in [5, 5.41) is 4.33. The van der Waals surface area contributed by atoms with E-state index < -0.39 is 0 Å². The second-order valence-electron chi connectivity index (χ2n) is 7.47. The van der Waals surface area contributed by atoms with Gasteiger partial charge in [-0.3, -0.25) is 9.48 Å². The van der Waals surface area contributed by atoms with Gasteiger partial charge in [0, 0.05) is 49.7 Å². The molecular weight excluding hydrogens is 328 g/mol. The van der Waals surface area contributed by atoms with Gasteiger partial charge in [0.15, 0.2) is 5.69 Å². The lowest BCUT2D eigenvalue weighted by Gasteiger charge is -2.39. The van der Waals surface area contributed by atoms with Gasteiger partial charge in [0.05, 0.1) is 0 Å². The monoisotopic (exact) mass is 354 g/mol. The van der Waals surface area contributed by atoms with E-state index in [1.54, 1.807) is 11.0 Å². The molecule has 1 saturated heterocycles. The summed E-state index contributed by atoms with van der Waals surface area (Å²) in [6.07, 6.45) is 6.06. The SMILES string of the molecule is Cc1cc(N(C2CC2)C2CCN(C(=O)c3cc(C)n(C)n3)CC2)ncn1. The second-order valence-corrected chi connectivity index (χ2v) is 7.47. The minimum Gasteiger partial charge on any atom is -0.350 e. The number of amides is 1. The van der Waals surface area contributed by atoms with Crippen LogP contribution in [0.5, 0.6) is 0 Å². The average Bonchev–Trinajstić information content (AvgIpc) is 3.40. The van der Waals surface area contributed by atoms with Gasteiger partial charge in [-0.25, -0.2) is 9.97 Å². The van der Waals surface area contributed by atoms with Gasteiger partial charge in [-0.2, -0.15) is 5.10 Å². The van der Waals surface area contributed by atoms with E-state index >= 15 is 0 Å². The molecule has 3 heterocycles. The third-order valence-corrected chi connectivity index (χ3v) is 5.47. The lowest BCUT2D eigenvalue weighted by atomic mass is 10.0. The fourth-order valence-electron chi connectivity index (χ4n) is 3.78. The zero-order valence-electron chi connectivity index (χ0n) is 15.7. The van der Waals surface area contributed by atoms with Crippen LogP contribution in [0.25, 0.3) is 0 Å². The Labute approximate surface area is 154 Å². The van der Waals surface area contributed by atoms with E-state index in [2.05, 4.69) is 26.0 Å². The maximum atomic E-state index is 12.7. The van der Waals surface area contributed by atoms with Crippen LogP contribution in [0.4, 0.5) is 5.82 Å². The van der Waals surface area contributed by atoms with Crippen LogP contribution in [-0.4, -0.2) is 55.7 Å². The number of carbonyl (C=O) groups excluding carboxylic acids is 1. The minimum atomic E-state index is 0.0444. The molecule has 1 saturated carbocycles. The molecule has 2 aromatic rings. The first-order chi connectivity index (χ1) is 12.5. The molecule has 0 bridgehead atoms. The molecule has 0 unspecified atom stereocenters. The minimum absolute atomic E-state index is 0.0444. The lowest BCUT2D eigenvalue weighted by molar-refractivity contribution is 0.0705. The number of hydrogen-bond donors (Lipinski definition) is 0. The summed E-state index contributed by atoms with van der Waals surface area (Å²) >= 11 is 0. The number of nitrogens with zero attached hydrogens (tertiary/aromatic N) is 6. The van der Waals surface area contributed by atoms with Crippen molar-refractivity contribution in [1.29, 1.82) is 0 Å². The van der Waals surface area contributed by atoms with Crippen LogP contribution in [0, 0.1) is 13.8 Å². The predicted molar refractivity (Wildman–Crippen MR) is 99.1 cm³/mol. The van der Waals surface area contributed by atoms with Crippen LogP contribution in [0.15, 0.2) is 18.5 Å². The van der Waals surface area contributed by atoms with Crippen LogP contribution in [0.3, 0.4) is 0 Å². The summed E-state index contributed by atoms with van der Waals surface area (Å²) in [7, 11) is 1.87. The first kappa shape index (κ1) is 17.0. The van der Waals surface area contributed by atoms with Crippen LogP contribution in [-0.2, 0) is 7.05 Å². The molecule has 0 radical (unpaired) electrons. The first-order valence-electron chi connectivity index (χ1n) is 9.40. The molecule has 1 amide bonds. The Kier molecular flexibility index (Phi) is 4.38. The molecule has 4 rings (SSSR count). The molecule has 2 aliphatic rings. The number of aryl methyl sites for hydroxylation is 3. The van der Waals surface area contributed by atoms with E-state index in [1.807, 2.05) is 31.9 Å². The fourth-order valence-corrected chi connectivity index (χ4v) is 3.78. The molecule has 0 N–H and O–H groups in total. The van der Waals surface area contributed by atoms with Gasteiger partial charge >= 0.3 is 0 Å². The van der Waals surface area contributed by atoms with Crippen molar-refractivity contribution in [2.45, 2.75) is 51.6 Å². The zero-order valence-corrected chi connectivity index (χ0v) is 15.7. The number of hydrogen-bond acceptors (Lipinski definition) is 5. The van der Waals surface area contributed by atoms with Gasteiger partial charge < -0.3 is 9.80 Å². The highest BCUT2D eigenvalue weighted by atomic mass is 16.2. The molecule has 0 spiro atoms. The third-order valence-electron chi connectivity index (χ3n) is 5.47. The van der Waals surface area contributed by atoms with E-state index in [-0.39, 0.29) is 5.91 Å². The Morgan fingerprint density at radius 3 is 2.35 bits per heavy atom. The highest BCUT2D eigenvalue weighted by molar-refractivity contribution is 5.92. The Bertz CT molecular complexity index is 785. The quantitative estimate of drug-likeness (QED) is 0.841. The molecule has 0 atom stereocenters. The van der Waals surface area contributed by atoms with Gasteiger partial charge in [0.25, 0.3) is 5.91 Å². The predicted octanol–water partition coefficient (Wildman–Crippen LogP) is 2.10. The Morgan fingerprint density at radius 2 is 1.77 bits per heavy atom. The molecule has 7 heteroatoms. The van der Waals surface area contributed by atoms with Gasteiger partial charge in [0.2, 0.25) is 0 Å². The van der Waals surface area contributed by atoms with E-state index in [0.717, 1.165) is 43.1 Å². The maximum absolute atomic E-state index is 12.7. The van der Waals surface area contributed by atoms with Crippen LogP contribution in [0.1, 0.15) is 47.6 Å². The molecule has 2 aromatic heterocycles. The normalized spacial score (nSPS) is 18.2. The second kappa shape index (κ2) is 6.70. The van der Waals surface area contributed by atoms with Crippen molar-refractivity contribution in [2.75, 3.05) is 18.0 Å². The number of rotatable bonds is 4. The van der Waals surface area contributed by atoms with Crippen molar-refractivity contribution in [3.63, 3.8) is 0 Å². The van der Waals surface area contributed by atoms with E-state index in [9.17, 15) is 4.79 Å². The first-order valence-corrected chi connectivity index (χ1v) is 9.40. The zero-order chi connectivity index (χ0) is 18.3. The largest absolute Gasteiger partial charge is 0.350 e. The van der Waals surface area contributed by atoms with Gasteiger partial charge in [-0.1, -0.05) is 0 Å². The fraction of sp³-hybridized carbons (Fsp3) is 0.579. The molecule has 26 heavy (non-hydrogen) atoms. The van der Waals surface area contributed by atoms with Crippen molar-refractivity contribution < 1.29 is 4.79 Å². The Morgan fingerprint density at radius 1 is 1.08 bits per heavy atom. The summed E-state index contributed by atoms with van der Waals surface area (Å²) < 4.78 is 1.76.